The zero-order valence-corrected chi connectivity index (χ0v) is 35.6. The Morgan fingerprint density at radius 2 is 1.40 bits per heavy atom. The summed E-state index contributed by atoms with van der Waals surface area (Å²) in [5.74, 6) is -1.60. The molecule has 0 aliphatic carbocycles. The monoisotopic (exact) mass is 896 g/mol. The minimum atomic E-state index is -4.34. The van der Waals surface area contributed by atoms with Gasteiger partial charge in [-0.15, -0.1) is 17.5 Å². The summed E-state index contributed by atoms with van der Waals surface area (Å²) in [4.78, 5) is 30.2. The first-order valence-corrected chi connectivity index (χ1v) is 21.1. The molecule has 0 saturated carbocycles. The highest BCUT2D eigenvalue weighted by atomic mass is 35.5. The first kappa shape index (κ1) is 48.6. The zero-order chi connectivity index (χ0) is 43.3. The van der Waals surface area contributed by atoms with Crippen molar-refractivity contribution in [3.8, 4) is 11.5 Å². The number of amides is 2. The van der Waals surface area contributed by atoms with E-state index in [9.17, 15) is 19.1 Å². The number of nitrogens with two attached hydrogens (primary N) is 2. The van der Waals surface area contributed by atoms with Crippen molar-refractivity contribution < 1.29 is 46.9 Å². The lowest BCUT2D eigenvalue weighted by atomic mass is 10.1. The molecule has 2 amide bonds. The topological polar surface area (TPSA) is 228 Å². The molecule has 1 atom stereocenters. The fraction of sp³-hybridized carbons (Fsp3) is 0.310. The number of ether oxygens (including phenoxy) is 3. The number of halogens is 2. The molecule has 20 heteroatoms. The number of guanidine groups is 1. The van der Waals surface area contributed by atoms with Crippen molar-refractivity contribution in [2.24, 2.45) is 16.5 Å². The van der Waals surface area contributed by atoms with Crippen LogP contribution in [-0.4, -0.2) is 101 Å². The summed E-state index contributed by atoms with van der Waals surface area (Å²) in [5, 5.41) is 21.7. The van der Waals surface area contributed by atoms with E-state index in [-0.39, 0.29) is 48.7 Å². The number of hydrogen-bond acceptors (Lipinski definition) is 11. The van der Waals surface area contributed by atoms with Gasteiger partial charge in [-0.3, -0.25) is 9.69 Å². The highest BCUT2D eigenvalue weighted by Crippen LogP contribution is 2.55. The van der Waals surface area contributed by atoms with Crippen molar-refractivity contribution in [1.82, 2.24) is 25.2 Å². The Morgan fingerprint density at radius 1 is 0.823 bits per heavy atom. The van der Waals surface area contributed by atoms with Crippen LogP contribution in [0.4, 0.5) is 14.9 Å². The number of carboxylic acid groups (broad SMARTS) is 1. The smallest absolute Gasteiger partial charge is 0.453 e. The number of nitrogens with one attached hydrogen (secondary N) is 1. The Bertz CT molecular complexity index is 2120. The molecule has 0 bridgehead atoms. The molecule has 4 aromatic carbocycles. The van der Waals surface area contributed by atoms with Crippen molar-refractivity contribution in [2.75, 3.05) is 52.7 Å². The predicted molar refractivity (Wildman–Crippen MR) is 233 cm³/mol. The van der Waals surface area contributed by atoms with Gasteiger partial charge in [0.15, 0.2) is 11.7 Å². The summed E-state index contributed by atoms with van der Waals surface area (Å²) < 4.78 is 58.6. The second-order valence-electron chi connectivity index (χ2n) is 13.4. The number of rotatable bonds is 26. The van der Waals surface area contributed by atoms with Crippen LogP contribution >= 0.6 is 20.0 Å². The molecule has 0 spiro atoms. The lowest BCUT2D eigenvalue weighted by molar-refractivity contribution is 0.0133. The number of aliphatic imine (C=N–C) groups is 1. The van der Waals surface area contributed by atoms with E-state index in [0.717, 1.165) is 4.90 Å². The molecule has 1 aromatic heterocycles. The minimum Gasteiger partial charge on any atom is -0.465 e. The highest BCUT2D eigenvalue weighted by molar-refractivity contribution is 7.55. The van der Waals surface area contributed by atoms with Crippen LogP contribution < -0.4 is 25.8 Å². The van der Waals surface area contributed by atoms with Gasteiger partial charge in [-0.1, -0.05) is 53.7 Å². The predicted octanol–water partition coefficient (Wildman–Crippen LogP) is 6.06. The standard InChI is InChI=1S/C42H50FN8O9P.ClH/c43-34-17-15-33(16-18-34)40(52)46-21-24-56-26-28-58-29-27-57-25-23-50-31-36(48-49-50)8-7-22-51(42(53)54)39(30-32-13-19-35(20-14-32)47-41(44)45)61(55,59-37-9-3-1-4-10-37)60-38-11-5-2-6-12-38;/h1-6,9-20,31,39H,7-8,21-30H2,(H,46,52)(H,53,54)(H4,44,45,47);1H. The molecule has 0 aliphatic rings. The molecular weight excluding hydrogens is 846 g/mol. The highest BCUT2D eigenvalue weighted by Gasteiger charge is 2.45. The maximum Gasteiger partial charge on any atom is 0.453 e. The number of hydrogen-bond donors (Lipinski definition) is 4. The van der Waals surface area contributed by atoms with Crippen LogP contribution in [0, 0.1) is 5.82 Å². The molecule has 332 valence electrons. The third-order valence-corrected chi connectivity index (χ3v) is 10.9. The molecule has 5 aromatic rings. The van der Waals surface area contributed by atoms with Crippen molar-refractivity contribution in [3.05, 3.63) is 138 Å². The molecule has 5 rings (SSSR count). The van der Waals surface area contributed by atoms with E-state index in [0.29, 0.717) is 88.1 Å². The Balaban J connectivity index is 0.00000845. The molecule has 1 heterocycles. The summed E-state index contributed by atoms with van der Waals surface area (Å²) >= 11 is 0. The van der Waals surface area contributed by atoms with Crippen LogP contribution in [-0.2, 0) is 38.2 Å². The van der Waals surface area contributed by atoms with Gasteiger partial charge in [0.05, 0.1) is 57.6 Å². The first-order chi connectivity index (χ1) is 29.6. The summed E-state index contributed by atoms with van der Waals surface area (Å²) in [6.45, 7) is 2.79. The summed E-state index contributed by atoms with van der Waals surface area (Å²) in [6, 6.07) is 29.0. The number of para-hydroxylation sites is 2. The van der Waals surface area contributed by atoms with Gasteiger partial charge in [0, 0.05) is 31.3 Å². The van der Waals surface area contributed by atoms with Crippen molar-refractivity contribution in [3.63, 3.8) is 0 Å². The lowest BCUT2D eigenvalue weighted by Gasteiger charge is -2.34. The molecule has 0 saturated heterocycles. The Hall–Kier alpha value is -6.04. The average Bonchev–Trinajstić information content (AvgIpc) is 3.70. The van der Waals surface area contributed by atoms with Gasteiger partial charge in [0.1, 0.15) is 17.3 Å². The molecule has 0 radical (unpaired) electrons. The maximum absolute atomic E-state index is 15.1. The van der Waals surface area contributed by atoms with Crippen LogP contribution in [0.15, 0.2) is 120 Å². The van der Waals surface area contributed by atoms with Gasteiger partial charge in [0.25, 0.3) is 5.91 Å². The summed E-state index contributed by atoms with van der Waals surface area (Å²) in [6.07, 6.45) is 1.14. The summed E-state index contributed by atoms with van der Waals surface area (Å²) in [7, 11) is -4.34. The molecule has 6 N–H and O–H groups in total. The molecule has 0 aliphatic heterocycles. The Kier molecular flexibility index (Phi) is 20.1. The Labute approximate surface area is 365 Å². The van der Waals surface area contributed by atoms with E-state index in [4.69, 9.17) is 34.7 Å². The van der Waals surface area contributed by atoms with E-state index in [2.05, 4.69) is 20.6 Å². The van der Waals surface area contributed by atoms with E-state index >= 15 is 4.57 Å². The number of aromatic nitrogens is 3. The lowest BCUT2D eigenvalue weighted by Crippen LogP contribution is -2.43. The molecule has 17 nitrogen and oxygen atoms in total. The minimum absolute atomic E-state index is 0. The molecular formula is C42H51ClFN8O9P. The van der Waals surface area contributed by atoms with Crippen LogP contribution in [0.1, 0.15) is 28.0 Å². The van der Waals surface area contributed by atoms with Gasteiger partial charge < -0.3 is 45.1 Å². The number of carbonyl (C=O) groups excluding carboxylic acids is 1. The van der Waals surface area contributed by atoms with Gasteiger partial charge in [-0.2, -0.15) is 0 Å². The third-order valence-electron chi connectivity index (χ3n) is 8.80. The van der Waals surface area contributed by atoms with E-state index in [1.807, 2.05) is 0 Å². The number of nitrogens with zero attached hydrogens (tertiary/aromatic N) is 5. The number of carbonyl (C=O) groups is 2. The van der Waals surface area contributed by atoms with Crippen LogP contribution in [0.2, 0.25) is 0 Å². The van der Waals surface area contributed by atoms with Crippen LogP contribution in [0.25, 0.3) is 0 Å². The van der Waals surface area contributed by atoms with Crippen molar-refractivity contribution in [2.45, 2.75) is 31.6 Å². The third kappa shape index (κ3) is 16.4. The average molecular weight is 897 g/mol. The fourth-order valence-electron chi connectivity index (χ4n) is 5.86. The van der Waals surface area contributed by atoms with Gasteiger partial charge in [-0.25, -0.2) is 23.4 Å². The van der Waals surface area contributed by atoms with E-state index in [1.165, 1.54) is 24.3 Å². The van der Waals surface area contributed by atoms with Gasteiger partial charge in [-0.05, 0) is 79.1 Å². The Morgan fingerprint density at radius 3 is 1.98 bits per heavy atom. The summed E-state index contributed by atoms with van der Waals surface area (Å²) in [5.41, 5.74) is 13.2. The maximum atomic E-state index is 15.1. The van der Waals surface area contributed by atoms with Crippen molar-refractivity contribution in [1.29, 1.82) is 0 Å². The molecule has 0 fully saturated rings. The number of aryl methyl sites for hydroxylation is 1. The first-order valence-electron chi connectivity index (χ1n) is 19.5. The quantitative estimate of drug-likeness (QED) is 0.0215. The SMILES string of the molecule is Cl.NC(N)=Nc1ccc(CC(N(CCCc2cn(CCOCCOCCOCCNC(=O)c3ccc(F)cc3)nn2)C(=O)O)P(=O)(Oc2ccccc2)Oc2ccccc2)cc1. The van der Waals surface area contributed by atoms with Gasteiger partial charge >= 0.3 is 13.7 Å². The largest absolute Gasteiger partial charge is 0.465 e. The van der Waals surface area contributed by atoms with Crippen LogP contribution in [0.3, 0.4) is 0 Å². The zero-order valence-electron chi connectivity index (χ0n) is 33.9. The molecule has 1 unspecified atom stereocenters. The second kappa shape index (κ2) is 25.7. The fourth-order valence-corrected chi connectivity index (χ4v) is 7.96. The van der Waals surface area contributed by atoms with Crippen molar-refractivity contribution >= 4 is 43.7 Å². The van der Waals surface area contributed by atoms with Gasteiger partial charge in [0.2, 0.25) is 0 Å². The number of benzene rings is 4. The second-order valence-corrected chi connectivity index (χ2v) is 15.4. The van der Waals surface area contributed by atoms with E-state index < -0.39 is 25.3 Å². The van der Waals surface area contributed by atoms with E-state index in [1.54, 1.807) is 95.8 Å². The molecule has 62 heavy (non-hydrogen) atoms. The normalized spacial score (nSPS) is 11.5. The van der Waals surface area contributed by atoms with Crippen LogP contribution in [0.5, 0.6) is 11.5 Å².